The third-order valence-corrected chi connectivity index (χ3v) is 7.05. The number of hydrogen-bond donors (Lipinski definition) is 3. The molecule has 0 aliphatic heterocycles. The molecule has 0 atom stereocenters. The van der Waals surface area contributed by atoms with Crippen LogP contribution in [0.4, 0.5) is 17.1 Å². The van der Waals surface area contributed by atoms with Crippen molar-refractivity contribution >= 4 is 67.1 Å². The van der Waals surface area contributed by atoms with Crippen LogP contribution in [-0.4, -0.2) is 30.6 Å². The van der Waals surface area contributed by atoms with E-state index in [0.29, 0.717) is 39.4 Å². The highest BCUT2D eigenvalue weighted by atomic mass is 35.5. The summed E-state index contributed by atoms with van der Waals surface area (Å²) in [7, 11) is -4.53. The van der Waals surface area contributed by atoms with Crippen molar-refractivity contribution in [1.29, 1.82) is 0 Å². The third-order valence-electron chi connectivity index (χ3n) is 5.50. The molecule has 196 valence electrons. The lowest BCUT2D eigenvalue weighted by Crippen LogP contribution is -2.13. The molecule has 12 heteroatoms. The summed E-state index contributed by atoms with van der Waals surface area (Å²) in [6.07, 6.45) is 0. The molecule has 0 spiro atoms. The van der Waals surface area contributed by atoms with E-state index in [0.717, 1.165) is 6.07 Å². The van der Waals surface area contributed by atoms with Crippen LogP contribution in [0.2, 0.25) is 10.0 Å². The second kappa shape index (κ2) is 11.0. The van der Waals surface area contributed by atoms with Gasteiger partial charge in [0.1, 0.15) is 17.1 Å². The Labute approximate surface area is 228 Å². The lowest BCUT2D eigenvalue weighted by Gasteiger charge is -2.14. The molecule has 4 rings (SSSR count). The van der Waals surface area contributed by atoms with Crippen LogP contribution >= 0.6 is 23.2 Å². The number of benzene rings is 4. The van der Waals surface area contributed by atoms with Crippen LogP contribution in [-0.2, 0) is 10.1 Å². The minimum Gasteiger partial charge on any atom is -0.505 e. The number of aryl methyl sites for hydroxylation is 1. The van der Waals surface area contributed by atoms with Crippen LogP contribution in [0.3, 0.4) is 0 Å². The largest absolute Gasteiger partial charge is 0.505 e. The van der Waals surface area contributed by atoms with Crippen LogP contribution in [0.25, 0.3) is 10.8 Å². The molecule has 0 heterocycles. The van der Waals surface area contributed by atoms with Crippen molar-refractivity contribution in [1.82, 2.24) is 0 Å². The number of rotatable bonds is 7. The van der Waals surface area contributed by atoms with Crippen molar-refractivity contribution in [3.63, 3.8) is 0 Å². The van der Waals surface area contributed by atoms with Gasteiger partial charge in [0.05, 0.1) is 27.8 Å². The maximum atomic E-state index is 13.3. The Hall–Kier alpha value is -3.70. The zero-order valence-electron chi connectivity index (χ0n) is 20.1. The number of azo groups is 1. The van der Waals surface area contributed by atoms with E-state index in [1.165, 1.54) is 12.1 Å². The van der Waals surface area contributed by atoms with Crippen molar-refractivity contribution in [3.8, 4) is 11.5 Å². The molecule has 0 aliphatic carbocycles. The number of carbonyl (C=O) groups is 1. The van der Waals surface area contributed by atoms with Gasteiger partial charge in [-0.05, 0) is 55.1 Å². The highest BCUT2D eigenvalue weighted by Crippen LogP contribution is 2.41. The minimum atomic E-state index is -4.53. The smallest absolute Gasteiger partial charge is 0.294 e. The van der Waals surface area contributed by atoms with E-state index in [9.17, 15) is 22.9 Å². The first-order valence-corrected chi connectivity index (χ1v) is 13.4. The second-order valence-corrected chi connectivity index (χ2v) is 10.4. The van der Waals surface area contributed by atoms with E-state index in [1.807, 2.05) is 0 Å². The Balaban J connectivity index is 1.81. The normalized spacial score (nSPS) is 11.7. The van der Waals surface area contributed by atoms with Crippen LogP contribution < -0.4 is 10.1 Å². The van der Waals surface area contributed by atoms with Gasteiger partial charge in [-0.3, -0.25) is 9.35 Å². The molecule has 3 N–H and O–H groups in total. The summed E-state index contributed by atoms with van der Waals surface area (Å²) in [6, 6.07) is 15.4. The van der Waals surface area contributed by atoms with E-state index >= 15 is 0 Å². The summed E-state index contributed by atoms with van der Waals surface area (Å²) in [6.45, 7) is 3.68. The quantitative estimate of drug-likeness (QED) is 0.155. The molecule has 0 saturated carbocycles. The number of ether oxygens (including phenoxy) is 1. The van der Waals surface area contributed by atoms with Gasteiger partial charge < -0.3 is 15.2 Å². The number of phenols is 1. The summed E-state index contributed by atoms with van der Waals surface area (Å²) < 4.78 is 38.3. The molecule has 0 aliphatic rings. The second-order valence-electron chi connectivity index (χ2n) is 8.12. The monoisotopic (exact) mass is 573 g/mol. The van der Waals surface area contributed by atoms with Gasteiger partial charge in [-0.1, -0.05) is 47.5 Å². The highest BCUT2D eigenvalue weighted by molar-refractivity contribution is 7.85. The van der Waals surface area contributed by atoms with Crippen LogP contribution in [0.5, 0.6) is 11.5 Å². The lowest BCUT2D eigenvalue weighted by atomic mass is 10.0. The molecule has 0 unspecified atom stereocenters. The van der Waals surface area contributed by atoms with E-state index in [2.05, 4.69) is 15.5 Å². The molecule has 38 heavy (non-hydrogen) atoms. The topological polar surface area (TPSA) is 138 Å². The molecular formula is C26H21Cl2N3O6S. The van der Waals surface area contributed by atoms with Gasteiger partial charge in [-0.2, -0.15) is 8.42 Å². The van der Waals surface area contributed by atoms with E-state index in [4.69, 9.17) is 27.9 Å². The zero-order valence-corrected chi connectivity index (χ0v) is 22.4. The minimum absolute atomic E-state index is 0.0413. The maximum Gasteiger partial charge on any atom is 0.294 e. The van der Waals surface area contributed by atoms with Gasteiger partial charge in [0.25, 0.3) is 16.0 Å². The first kappa shape index (κ1) is 27.3. The zero-order chi connectivity index (χ0) is 27.6. The maximum absolute atomic E-state index is 13.3. The molecule has 0 aromatic heterocycles. The summed E-state index contributed by atoms with van der Waals surface area (Å²) >= 11 is 12.3. The fourth-order valence-corrected chi connectivity index (χ4v) is 4.60. The number of amides is 1. The molecule has 0 saturated heterocycles. The SMILES string of the molecule is CCOc1cc(Cl)ccc1NC(=O)c1cc2ccccc2c(N=Nc2cc(S(=O)(=O)O)cc(C)c2Cl)c1O. The lowest BCUT2D eigenvalue weighted by molar-refractivity contribution is 0.102. The molecule has 4 aromatic rings. The number of anilines is 1. The number of phenolic OH excluding ortho intramolecular Hbond substituents is 1. The summed E-state index contributed by atoms with van der Waals surface area (Å²) in [5.74, 6) is -0.747. The molecule has 0 bridgehead atoms. The van der Waals surface area contributed by atoms with Crippen LogP contribution in [0.1, 0.15) is 22.8 Å². The average molecular weight is 574 g/mol. The molecule has 1 amide bonds. The van der Waals surface area contributed by atoms with Crippen molar-refractivity contribution < 1.29 is 27.6 Å². The van der Waals surface area contributed by atoms with Crippen molar-refractivity contribution in [2.24, 2.45) is 10.2 Å². The fraction of sp³-hybridized carbons (Fsp3) is 0.115. The molecule has 0 radical (unpaired) electrons. The van der Waals surface area contributed by atoms with Crippen LogP contribution in [0.15, 0.2) is 75.8 Å². The van der Waals surface area contributed by atoms with Crippen molar-refractivity contribution in [2.45, 2.75) is 18.7 Å². The molecule has 0 fully saturated rings. The number of nitrogens with one attached hydrogen (secondary N) is 1. The van der Waals surface area contributed by atoms with Gasteiger partial charge in [0, 0.05) is 16.5 Å². The number of nitrogens with zero attached hydrogens (tertiary/aromatic N) is 2. The number of hydrogen-bond acceptors (Lipinski definition) is 7. The van der Waals surface area contributed by atoms with Crippen LogP contribution in [0, 0.1) is 6.92 Å². The number of carbonyl (C=O) groups excluding carboxylic acids is 1. The van der Waals surface area contributed by atoms with E-state index in [-0.39, 0.29) is 22.0 Å². The Morgan fingerprint density at radius 2 is 1.79 bits per heavy atom. The number of fused-ring (bicyclic) bond motifs is 1. The fourth-order valence-electron chi connectivity index (χ4n) is 3.70. The Morgan fingerprint density at radius 1 is 1.05 bits per heavy atom. The summed E-state index contributed by atoms with van der Waals surface area (Å²) in [5, 5.41) is 23.6. The third kappa shape index (κ3) is 5.73. The van der Waals surface area contributed by atoms with E-state index < -0.39 is 26.7 Å². The van der Waals surface area contributed by atoms with Crippen molar-refractivity contribution in [3.05, 3.63) is 81.8 Å². The van der Waals surface area contributed by atoms with Gasteiger partial charge in [-0.25, -0.2) is 0 Å². The summed E-state index contributed by atoms with van der Waals surface area (Å²) in [5.41, 5.74) is 0.497. The number of aromatic hydroxyl groups is 1. The standard InChI is InChI=1S/C26H21Cl2N3O6S/c1-3-37-22-12-16(27)8-9-20(22)29-26(33)19-11-15-6-4-5-7-18(15)24(25(19)32)31-30-21-13-17(38(34,35)36)10-14(2)23(21)28/h4-13,32H,3H2,1-2H3,(H,29,33)(H,34,35,36). The van der Waals surface area contributed by atoms with E-state index in [1.54, 1.807) is 56.3 Å². The molecule has 4 aromatic carbocycles. The highest BCUT2D eigenvalue weighted by Gasteiger charge is 2.20. The van der Waals surface area contributed by atoms with Gasteiger partial charge in [-0.15, -0.1) is 10.2 Å². The predicted octanol–water partition coefficient (Wildman–Crippen LogP) is 7.47. The first-order valence-electron chi connectivity index (χ1n) is 11.2. The number of halogens is 2. The first-order chi connectivity index (χ1) is 18.0. The summed E-state index contributed by atoms with van der Waals surface area (Å²) in [4.78, 5) is 12.8. The molecule has 9 nitrogen and oxygen atoms in total. The Bertz CT molecular complexity index is 1710. The van der Waals surface area contributed by atoms with Gasteiger partial charge >= 0.3 is 0 Å². The Kier molecular flexibility index (Phi) is 7.89. The van der Waals surface area contributed by atoms with Crippen molar-refractivity contribution in [2.75, 3.05) is 11.9 Å². The van der Waals surface area contributed by atoms with Gasteiger partial charge in [0.15, 0.2) is 5.75 Å². The predicted molar refractivity (Wildman–Crippen MR) is 146 cm³/mol. The Morgan fingerprint density at radius 3 is 2.50 bits per heavy atom. The van der Waals surface area contributed by atoms with Gasteiger partial charge in [0.2, 0.25) is 0 Å². The average Bonchev–Trinajstić information content (AvgIpc) is 2.86. The molecular weight excluding hydrogens is 553 g/mol.